The lowest BCUT2D eigenvalue weighted by Crippen LogP contribution is -2.47. The van der Waals surface area contributed by atoms with Gasteiger partial charge in [-0.05, 0) is 52.1 Å². The minimum Gasteiger partial charge on any atom is -0.301 e. The highest BCUT2D eigenvalue weighted by atomic mass is 15.2. The third kappa shape index (κ3) is 4.29. The molecule has 0 bridgehead atoms. The lowest BCUT2D eigenvalue weighted by Gasteiger charge is -2.38. The summed E-state index contributed by atoms with van der Waals surface area (Å²) >= 11 is 0. The second kappa shape index (κ2) is 6.37. The molecule has 1 saturated heterocycles. The maximum Gasteiger partial charge on any atom is 0.105 e. The van der Waals surface area contributed by atoms with E-state index in [1.807, 2.05) is 6.92 Å². The Kier molecular flexibility index (Phi) is 5.42. The molecule has 0 aromatic rings. The number of nitrogens with zero attached hydrogens (tertiary/aromatic N) is 2. The van der Waals surface area contributed by atoms with E-state index >= 15 is 0 Å². The average Bonchev–Trinajstić information content (AvgIpc) is 2.28. The fourth-order valence-electron chi connectivity index (χ4n) is 2.73. The van der Waals surface area contributed by atoms with Gasteiger partial charge in [0.05, 0.1) is 6.07 Å². The summed E-state index contributed by atoms with van der Waals surface area (Å²) in [5, 5.41) is 12.5. The van der Waals surface area contributed by atoms with E-state index in [4.69, 9.17) is 0 Å². The van der Waals surface area contributed by atoms with Crippen molar-refractivity contribution in [3.8, 4) is 6.07 Å². The number of hydrogen-bond donors (Lipinski definition) is 1. The Morgan fingerprint density at radius 3 is 2.71 bits per heavy atom. The highest BCUT2D eigenvalue weighted by molar-refractivity contribution is 5.04. The largest absolute Gasteiger partial charge is 0.301 e. The van der Waals surface area contributed by atoms with Crippen LogP contribution in [-0.4, -0.2) is 36.1 Å². The summed E-state index contributed by atoms with van der Waals surface area (Å²) in [6.07, 6.45) is 3.51. The van der Waals surface area contributed by atoms with E-state index in [2.05, 4.69) is 37.1 Å². The third-order valence-corrected chi connectivity index (χ3v) is 3.99. The zero-order valence-corrected chi connectivity index (χ0v) is 11.8. The van der Waals surface area contributed by atoms with Gasteiger partial charge in [-0.15, -0.1) is 0 Å². The van der Waals surface area contributed by atoms with Crippen molar-refractivity contribution in [3.05, 3.63) is 0 Å². The lowest BCUT2D eigenvalue weighted by molar-refractivity contribution is 0.120. The van der Waals surface area contributed by atoms with Crippen LogP contribution in [0.4, 0.5) is 0 Å². The highest BCUT2D eigenvalue weighted by Crippen LogP contribution is 2.23. The molecule has 3 atom stereocenters. The first-order valence-corrected chi connectivity index (χ1v) is 6.91. The maximum atomic E-state index is 9.22. The van der Waals surface area contributed by atoms with Gasteiger partial charge in [-0.25, -0.2) is 0 Å². The smallest absolute Gasteiger partial charge is 0.105 e. The van der Waals surface area contributed by atoms with Crippen LogP contribution >= 0.6 is 0 Å². The molecular formula is C14H27N3. The molecule has 1 aliphatic rings. The Morgan fingerprint density at radius 2 is 2.18 bits per heavy atom. The van der Waals surface area contributed by atoms with E-state index in [-0.39, 0.29) is 5.54 Å². The highest BCUT2D eigenvalue weighted by Gasteiger charge is 2.27. The van der Waals surface area contributed by atoms with Crippen molar-refractivity contribution in [3.63, 3.8) is 0 Å². The molecule has 1 rings (SSSR count). The van der Waals surface area contributed by atoms with Crippen LogP contribution in [0.15, 0.2) is 0 Å². The zero-order chi connectivity index (χ0) is 12.9. The molecule has 0 aromatic carbocycles. The number of nitriles is 1. The Bertz CT molecular complexity index is 271. The van der Waals surface area contributed by atoms with Crippen molar-refractivity contribution < 1.29 is 0 Å². The van der Waals surface area contributed by atoms with E-state index in [9.17, 15) is 5.26 Å². The molecular weight excluding hydrogens is 210 g/mol. The zero-order valence-electron chi connectivity index (χ0n) is 11.8. The Hall–Kier alpha value is -0.590. The number of likely N-dealkylation sites (tertiary alicyclic amines) is 1. The second-order valence-corrected chi connectivity index (χ2v) is 5.74. The fraction of sp³-hybridized carbons (Fsp3) is 0.929. The number of rotatable bonds is 5. The van der Waals surface area contributed by atoms with Gasteiger partial charge in [0.15, 0.2) is 0 Å². The van der Waals surface area contributed by atoms with Gasteiger partial charge in [-0.1, -0.05) is 13.8 Å². The van der Waals surface area contributed by atoms with Crippen molar-refractivity contribution in [2.75, 3.05) is 19.6 Å². The van der Waals surface area contributed by atoms with Crippen LogP contribution in [-0.2, 0) is 0 Å². The summed E-state index contributed by atoms with van der Waals surface area (Å²) in [6.45, 7) is 11.8. The van der Waals surface area contributed by atoms with Crippen LogP contribution < -0.4 is 5.32 Å². The summed E-state index contributed by atoms with van der Waals surface area (Å²) in [5.41, 5.74) is -0.364. The van der Waals surface area contributed by atoms with Crippen LogP contribution in [0.2, 0.25) is 0 Å². The van der Waals surface area contributed by atoms with E-state index in [1.165, 1.54) is 19.4 Å². The van der Waals surface area contributed by atoms with Crippen molar-refractivity contribution in [1.82, 2.24) is 10.2 Å². The van der Waals surface area contributed by atoms with Crippen molar-refractivity contribution in [2.24, 2.45) is 5.92 Å². The van der Waals surface area contributed by atoms with Gasteiger partial charge in [0.2, 0.25) is 0 Å². The standard InChI is InChI=1S/C14H27N3/c1-5-16-14(4,11-15)7-9-17-8-6-12(2)10-13(17)3/h12-13,16H,5-10H2,1-4H3. The number of hydrogen-bond acceptors (Lipinski definition) is 3. The molecule has 1 N–H and O–H groups in total. The predicted octanol–water partition coefficient (Wildman–Crippen LogP) is 2.39. The molecule has 1 fully saturated rings. The third-order valence-electron chi connectivity index (χ3n) is 3.99. The molecule has 0 aromatic heterocycles. The molecule has 0 spiro atoms. The van der Waals surface area contributed by atoms with Crippen LogP contribution in [0.5, 0.6) is 0 Å². The van der Waals surface area contributed by atoms with Crippen molar-refractivity contribution in [2.45, 2.75) is 58.5 Å². The molecule has 0 aliphatic carbocycles. The van der Waals surface area contributed by atoms with Crippen molar-refractivity contribution >= 4 is 0 Å². The van der Waals surface area contributed by atoms with E-state index in [0.717, 1.165) is 25.4 Å². The van der Waals surface area contributed by atoms with Crippen LogP contribution in [0.1, 0.15) is 47.0 Å². The molecule has 17 heavy (non-hydrogen) atoms. The Labute approximate surface area is 106 Å². The molecule has 3 unspecified atom stereocenters. The topological polar surface area (TPSA) is 39.1 Å². The normalized spacial score (nSPS) is 29.6. The molecule has 1 heterocycles. The SMILES string of the molecule is CCNC(C)(C#N)CCN1CCC(C)CC1C. The van der Waals surface area contributed by atoms with Gasteiger partial charge in [0, 0.05) is 12.6 Å². The number of nitrogens with one attached hydrogen (secondary N) is 1. The van der Waals surface area contributed by atoms with E-state index in [0.29, 0.717) is 6.04 Å². The summed E-state index contributed by atoms with van der Waals surface area (Å²) < 4.78 is 0. The molecule has 3 heteroatoms. The Balaban J connectivity index is 2.42. The predicted molar refractivity (Wildman–Crippen MR) is 71.7 cm³/mol. The fourth-order valence-corrected chi connectivity index (χ4v) is 2.73. The second-order valence-electron chi connectivity index (χ2n) is 5.74. The summed E-state index contributed by atoms with van der Waals surface area (Å²) in [6, 6.07) is 3.07. The van der Waals surface area contributed by atoms with Gasteiger partial charge in [0.1, 0.15) is 5.54 Å². The number of piperidine rings is 1. The summed E-state index contributed by atoms with van der Waals surface area (Å²) in [4.78, 5) is 2.53. The summed E-state index contributed by atoms with van der Waals surface area (Å²) in [7, 11) is 0. The molecule has 98 valence electrons. The first-order chi connectivity index (χ1) is 8.00. The van der Waals surface area contributed by atoms with E-state index in [1.54, 1.807) is 0 Å². The Morgan fingerprint density at radius 1 is 1.47 bits per heavy atom. The van der Waals surface area contributed by atoms with Crippen LogP contribution in [0.3, 0.4) is 0 Å². The molecule has 3 nitrogen and oxygen atoms in total. The first-order valence-electron chi connectivity index (χ1n) is 6.91. The van der Waals surface area contributed by atoms with Crippen LogP contribution in [0.25, 0.3) is 0 Å². The summed E-state index contributed by atoms with van der Waals surface area (Å²) in [5.74, 6) is 0.859. The van der Waals surface area contributed by atoms with Gasteiger partial charge in [-0.2, -0.15) is 5.26 Å². The van der Waals surface area contributed by atoms with E-state index < -0.39 is 0 Å². The van der Waals surface area contributed by atoms with Gasteiger partial charge >= 0.3 is 0 Å². The molecule has 0 saturated carbocycles. The van der Waals surface area contributed by atoms with Crippen molar-refractivity contribution in [1.29, 1.82) is 5.26 Å². The quantitative estimate of drug-likeness (QED) is 0.798. The molecule has 0 radical (unpaired) electrons. The lowest BCUT2D eigenvalue weighted by atomic mass is 9.92. The van der Waals surface area contributed by atoms with Gasteiger partial charge < -0.3 is 4.90 Å². The minimum atomic E-state index is -0.364. The first kappa shape index (κ1) is 14.5. The minimum absolute atomic E-state index is 0.364. The van der Waals surface area contributed by atoms with Crippen LogP contribution in [0, 0.1) is 17.2 Å². The van der Waals surface area contributed by atoms with Gasteiger partial charge in [-0.3, -0.25) is 5.32 Å². The van der Waals surface area contributed by atoms with Gasteiger partial charge in [0.25, 0.3) is 0 Å². The molecule has 1 aliphatic heterocycles. The molecule has 0 amide bonds. The average molecular weight is 237 g/mol. The maximum absolute atomic E-state index is 9.22. The monoisotopic (exact) mass is 237 g/mol.